The van der Waals surface area contributed by atoms with Crippen molar-refractivity contribution in [2.45, 2.75) is 31.1 Å². The lowest BCUT2D eigenvalue weighted by molar-refractivity contribution is -0.117. The van der Waals surface area contributed by atoms with E-state index in [1.54, 1.807) is 0 Å². The number of amides is 1. The van der Waals surface area contributed by atoms with Crippen LogP contribution in [0.15, 0.2) is 23.2 Å². The van der Waals surface area contributed by atoms with Gasteiger partial charge in [0, 0.05) is 23.4 Å². The fourth-order valence-electron chi connectivity index (χ4n) is 3.42. The number of fused-ring (bicyclic) bond motifs is 2. The van der Waals surface area contributed by atoms with E-state index in [4.69, 9.17) is 9.47 Å². The van der Waals surface area contributed by atoms with Gasteiger partial charge in [0.2, 0.25) is 5.91 Å². The van der Waals surface area contributed by atoms with E-state index in [2.05, 4.69) is 4.99 Å². The average molecular weight is 396 g/mol. The molecular weight excluding hydrogens is 376 g/mol. The van der Waals surface area contributed by atoms with Crippen LogP contribution in [0, 0.1) is 0 Å². The number of rotatable bonds is 3. The maximum Gasteiger partial charge on any atom is 0.248 e. The Labute approximate surface area is 156 Å². The quantitative estimate of drug-likeness (QED) is 0.771. The molecule has 0 bridgehead atoms. The van der Waals surface area contributed by atoms with Gasteiger partial charge >= 0.3 is 0 Å². The smallest absolute Gasteiger partial charge is 0.248 e. The van der Waals surface area contributed by atoms with E-state index in [0.717, 1.165) is 12.1 Å². The minimum Gasteiger partial charge on any atom is -0.486 e. The van der Waals surface area contributed by atoms with Gasteiger partial charge in [-0.05, 0) is 18.6 Å². The summed E-state index contributed by atoms with van der Waals surface area (Å²) < 4.78 is 35.4. The van der Waals surface area contributed by atoms with Gasteiger partial charge in [-0.2, -0.15) is 4.99 Å². The maximum atomic E-state index is 12.1. The molecule has 1 aromatic carbocycles. The predicted molar refractivity (Wildman–Crippen MR) is 101 cm³/mol. The van der Waals surface area contributed by atoms with Crippen LogP contribution in [0.5, 0.6) is 11.5 Å². The number of anilines is 1. The second-order valence-corrected chi connectivity index (χ2v) is 9.90. The van der Waals surface area contributed by atoms with Crippen LogP contribution in [-0.4, -0.2) is 55.5 Å². The van der Waals surface area contributed by atoms with Crippen LogP contribution < -0.4 is 14.4 Å². The number of hydrogen-bond acceptors (Lipinski definition) is 6. The summed E-state index contributed by atoms with van der Waals surface area (Å²) in [6, 6.07) is 5.29. The average Bonchev–Trinajstić information content (AvgIpc) is 3.05. The normalized spacial score (nSPS) is 27.6. The van der Waals surface area contributed by atoms with Crippen LogP contribution in [0.3, 0.4) is 0 Å². The summed E-state index contributed by atoms with van der Waals surface area (Å²) in [6.07, 6.45) is 1.11. The van der Waals surface area contributed by atoms with Gasteiger partial charge in [0.1, 0.15) is 13.2 Å². The number of carbonyl (C=O) groups excluding carboxylic acids is 1. The lowest BCUT2D eigenvalue weighted by atomic mass is 10.2. The number of nitrogens with zero attached hydrogens (tertiary/aromatic N) is 2. The van der Waals surface area contributed by atoms with Crippen molar-refractivity contribution >= 4 is 38.4 Å². The van der Waals surface area contributed by atoms with Gasteiger partial charge in [0.15, 0.2) is 26.5 Å². The van der Waals surface area contributed by atoms with Crippen molar-refractivity contribution in [3.63, 3.8) is 0 Å². The zero-order valence-electron chi connectivity index (χ0n) is 14.4. The molecule has 0 saturated carbocycles. The van der Waals surface area contributed by atoms with E-state index >= 15 is 0 Å². The molecule has 2 saturated heterocycles. The van der Waals surface area contributed by atoms with Crippen molar-refractivity contribution in [3.8, 4) is 11.5 Å². The first-order valence-electron chi connectivity index (χ1n) is 8.64. The van der Waals surface area contributed by atoms with E-state index in [9.17, 15) is 13.2 Å². The van der Waals surface area contributed by atoms with Crippen LogP contribution in [0.2, 0.25) is 0 Å². The summed E-state index contributed by atoms with van der Waals surface area (Å²) in [4.78, 5) is 18.2. The van der Waals surface area contributed by atoms with Gasteiger partial charge in [-0.3, -0.25) is 4.79 Å². The van der Waals surface area contributed by atoms with Gasteiger partial charge < -0.3 is 14.4 Å². The zero-order chi connectivity index (χ0) is 18.3. The van der Waals surface area contributed by atoms with Crippen molar-refractivity contribution in [3.05, 3.63) is 18.2 Å². The lowest BCUT2D eigenvalue weighted by Crippen LogP contribution is -2.37. The predicted octanol–water partition coefficient (Wildman–Crippen LogP) is 1.86. The number of thioether (sulfide) groups is 1. The Balaban J connectivity index is 1.72. The zero-order valence-corrected chi connectivity index (χ0v) is 16.0. The van der Waals surface area contributed by atoms with E-state index in [1.165, 1.54) is 11.8 Å². The first-order chi connectivity index (χ1) is 12.5. The fraction of sp³-hybridized carbons (Fsp3) is 0.529. The molecule has 4 rings (SSSR count). The summed E-state index contributed by atoms with van der Waals surface area (Å²) in [7, 11) is -3.08. The number of hydrogen-bond donors (Lipinski definition) is 0. The molecule has 1 aromatic rings. The van der Waals surface area contributed by atoms with E-state index < -0.39 is 9.84 Å². The molecule has 0 N–H and O–H groups in total. The lowest BCUT2D eigenvalue weighted by Gasteiger charge is -2.26. The van der Waals surface area contributed by atoms with E-state index in [0.29, 0.717) is 36.3 Å². The molecule has 1 amide bonds. The number of benzene rings is 1. The molecule has 0 spiro atoms. The van der Waals surface area contributed by atoms with Crippen molar-refractivity contribution < 1.29 is 22.7 Å². The monoisotopic (exact) mass is 396 g/mol. The second kappa shape index (κ2) is 6.77. The number of amidine groups is 1. The standard InChI is InChI=1S/C17H20N2O5S2/c1-2-3-16(20)18-17-19(12-9-26(21,22)10-15(12)25-17)11-4-5-13-14(8-11)24-7-6-23-13/h4-5,8,12,15H,2-3,6-7,9-10H2,1H3. The molecule has 3 aliphatic heterocycles. The summed E-state index contributed by atoms with van der Waals surface area (Å²) >= 11 is 1.38. The van der Waals surface area contributed by atoms with E-state index in [-0.39, 0.29) is 28.7 Å². The maximum absolute atomic E-state index is 12.1. The number of aliphatic imine (C=N–C) groups is 1. The Kier molecular flexibility index (Phi) is 4.60. The molecule has 0 aliphatic carbocycles. The minimum atomic E-state index is -3.08. The molecule has 2 atom stereocenters. The number of sulfone groups is 1. The molecule has 9 heteroatoms. The van der Waals surface area contributed by atoms with Crippen molar-refractivity contribution in [2.75, 3.05) is 29.6 Å². The van der Waals surface area contributed by atoms with Gasteiger partial charge in [-0.15, -0.1) is 0 Å². The van der Waals surface area contributed by atoms with Crippen molar-refractivity contribution in [1.29, 1.82) is 0 Å². The number of carbonyl (C=O) groups is 1. The van der Waals surface area contributed by atoms with Gasteiger partial charge in [0.05, 0.1) is 17.5 Å². The molecule has 140 valence electrons. The summed E-state index contributed by atoms with van der Waals surface area (Å²) in [5.41, 5.74) is 0.773. The minimum absolute atomic E-state index is 0.0695. The molecular formula is C17H20N2O5S2. The SMILES string of the molecule is CCCC(=O)N=C1SC2CS(=O)(=O)CC2N1c1ccc2c(c1)OCCO2. The Bertz CT molecular complexity index is 868. The van der Waals surface area contributed by atoms with Gasteiger partial charge in [0.25, 0.3) is 0 Å². The summed E-state index contributed by atoms with van der Waals surface area (Å²) in [5.74, 6) is 1.30. The molecule has 2 unspecified atom stereocenters. The Hall–Kier alpha value is -1.74. The summed E-state index contributed by atoms with van der Waals surface area (Å²) in [5, 5.41) is 0.464. The highest BCUT2D eigenvalue weighted by Gasteiger charge is 2.49. The molecule has 3 aliphatic rings. The topological polar surface area (TPSA) is 85.3 Å². The highest BCUT2D eigenvalue weighted by Crippen LogP contribution is 2.43. The summed E-state index contributed by atoms with van der Waals surface area (Å²) in [6.45, 7) is 2.91. The first-order valence-corrected chi connectivity index (χ1v) is 11.3. The molecule has 2 fully saturated rings. The molecule has 7 nitrogen and oxygen atoms in total. The fourth-order valence-corrected chi connectivity index (χ4v) is 7.36. The largest absolute Gasteiger partial charge is 0.486 e. The van der Waals surface area contributed by atoms with Crippen LogP contribution in [0.25, 0.3) is 0 Å². The Morgan fingerprint density at radius 2 is 2.04 bits per heavy atom. The third kappa shape index (κ3) is 3.29. The Morgan fingerprint density at radius 3 is 2.81 bits per heavy atom. The molecule has 26 heavy (non-hydrogen) atoms. The van der Waals surface area contributed by atoms with Gasteiger partial charge in [-0.1, -0.05) is 18.7 Å². The molecule has 0 radical (unpaired) electrons. The Morgan fingerprint density at radius 1 is 1.27 bits per heavy atom. The van der Waals surface area contributed by atoms with Crippen molar-refractivity contribution in [1.82, 2.24) is 0 Å². The highest BCUT2D eigenvalue weighted by molar-refractivity contribution is 8.16. The first kappa shape index (κ1) is 17.7. The van der Waals surface area contributed by atoms with Crippen molar-refractivity contribution in [2.24, 2.45) is 4.99 Å². The third-order valence-corrected chi connectivity index (χ3v) is 7.76. The van der Waals surface area contributed by atoms with Crippen LogP contribution in [0.1, 0.15) is 19.8 Å². The molecule has 3 heterocycles. The van der Waals surface area contributed by atoms with Crippen LogP contribution in [0.4, 0.5) is 5.69 Å². The second-order valence-electron chi connectivity index (χ2n) is 6.54. The van der Waals surface area contributed by atoms with E-state index in [1.807, 2.05) is 30.0 Å². The number of ether oxygens (including phenoxy) is 2. The van der Waals surface area contributed by atoms with Gasteiger partial charge in [-0.25, -0.2) is 8.42 Å². The highest BCUT2D eigenvalue weighted by atomic mass is 32.2. The van der Waals surface area contributed by atoms with Crippen LogP contribution in [-0.2, 0) is 14.6 Å². The molecule has 0 aromatic heterocycles. The van der Waals surface area contributed by atoms with Crippen LogP contribution >= 0.6 is 11.8 Å². The third-order valence-electron chi connectivity index (χ3n) is 4.55.